The van der Waals surface area contributed by atoms with Crippen molar-refractivity contribution in [1.82, 2.24) is 10.6 Å². The Kier molecular flexibility index (Phi) is 3.90. The number of rotatable bonds is 5. The molecule has 0 bridgehead atoms. The predicted octanol–water partition coefficient (Wildman–Crippen LogP) is -1.07. The summed E-state index contributed by atoms with van der Waals surface area (Å²) in [7, 11) is 0. The number of carbonyl (C=O) groups excluding carboxylic acids is 2. The highest BCUT2D eigenvalue weighted by Crippen LogP contribution is 2.32. The molecule has 0 radical (unpaired) electrons. The fourth-order valence-corrected chi connectivity index (χ4v) is 1.28. The number of hydrogen-bond donors (Lipinski definition) is 4. The van der Waals surface area contributed by atoms with Gasteiger partial charge in [-0.3, -0.25) is 4.79 Å². The summed E-state index contributed by atoms with van der Waals surface area (Å²) in [6.07, 6.45) is 1.56. The number of carbonyl (C=O) groups is 2. The van der Waals surface area contributed by atoms with Crippen LogP contribution < -0.4 is 16.4 Å². The lowest BCUT2D eigenvalue weighted by Crippen LogP contribution is -2.48. The molecule has 0 spiro atoms. The summed E-state index contributed by atoms with van der Waals surface area (Å²) < 4.78 is 0. The van der Waals surface area contributed by atoms with E-state index in [0.717, 1.165) is 12.8 Å². The number of hydrogen-bond acceptors (Lipinski definition) is 3. The molecular formula is C9H17N3O3. The van der Waals surface area contributed by atoms with Gasteiger partial charge in [0, 0.05) is 6.54 Å². The highest BCUT2D eigenvalue weighted by atomic mass is 16.3. The minimum Gasteiger partial charge on any atom is -0.391 e. The third kappa shape index (κ3) is 4.16. The van der Waals surface area contributed by atoms with Crippen LogP contribution in [-0.4, -0.2) is 35.7 Å². The van der Waals surface area contributed by atoms with E-state index in [-0.39, 0.29) is 12.5 Å². The lowest BCUT2D eigenvalue weighted by atomic mass is 10.2. The normalized spacial score (nSPS) is 19.1. The molecule has 3 amide bonds. The molecule has 0 saturated heterocycles. The molecule has 2 unspecified atom stereocenters. The van der Waals surface area contributed by atoms with E-state index >= 15 is 0 Å². The van der Waals surface area contributed by atoms with Crippen LogP contribution in [0, 0.1) is 5.92 Å². The number of nitrogens with one attached hydrogen (secondary N) is 2. The Bertz CT molecular complexity index is 253. The quantitative estimate of drug-likeness (QED) is 0.469. The summed E-state index contributed by atoms with van der Waals surface area (Å²) in [5.74, 6) is -0.0156. The number of nitrogens with two attached hydrogens (primary N) is 1. The Morgan fingerprint density at radius 3 is 2.60 bits per heavy atom. The average molecular weight is 215 g/mol. The molecular weight excluding hydrogens is 198 g/mol. The molecule has 0 aromatic rings. The summed E-state index contributed by atoms with van der Waals surface area (Å²) >= 11 is 0. The molecule has 1 aliphatic rings. The molecule has 6 nitrogen and oxygen atoms in total. The second-order valence-electron chi connectivity index (χ2n) is 3.88. The van der Waals surface area contributed by atoms with E-state index in [1.807, 2.05) is 0 Å². The molecule has 0 aromatic carbocycles. The molecule has 0 heterocycles. The third-order valence-electron chi connectivity index (χ3n) is 2.40. The third-order valence-corrected chi connectivity index (χ3v) is 2.40. The topological polar surface area (TPSA) is 104 Å². The van der Waals surface area contributed by atoms with Gasteiger partial charge in [-0.05, 0) is 25.7 Å². The Hall–Kier alpha value is -1.30. The molecule has 1 fully saturated rings. The van der Waals surface area contributed by atoms with Crippen LogP contribution in [0.25, 0.3) is 0 Å². The largest absolute Gasteiger partial charge is 0.391 e. The van der Waals surface area contributed by atoms with Crippen molar-refractivity contribution < 1.29 is 14.7 Å². The molecule has 6 heteroatoms. The molecule has 86 valence electrons. The maximum atomic E-state index is 11.3. The zero-order chi connectivity index (χ0) is 11.4. The van der Waals surface area contributed by atoms with Crippen molar-refractivity contribution in [3.63, 3.8) is 0 Å². The average Bonchev–Trinajstić information content (AvgIpc) is 2.95. The minimum atomic E-state index is -0.736. The highest BCUT2D eigenvalue weighted by molar-refractivity contribution is 5.86. The van der Waals surface area contributed by atoms with E-state index in [1.54, 1.807) is 0 Å². The Labute approximate surface area is 88.2 Å². The Morgan fingerprint density at radius 1 is 1.53 bits per heavy atom. The lowest BCUT2D eigenvalue weighted by molar-refractivity contribution is -0.123. The van der Waals surface area contributed by atoms with E-state index < -0.39 is 18.2 Å². The van der Waals surface area contributed by atoms with Crippen molar-refractivity contribution in [2.45, 2.75) is 31.9 Å². The number of urea groups is 1. The summed E-state index contributed by atoms with van der Waals surface area (Å²) in [6.45, 7) is 1.76. The van der Waals surface area contributed by atoms with E-state index in [0.29, 0.717) is 5.92 Å². The Morgan fingerprint density at radius 2 is 2.13 bits per heavy atom. The van der Waals surface area contributed by atoms with Crippen molar-refractivity contribution in [3.05, 3.63) is 0 Å². The summed E-state index contributed by atoms with van der Waals surface area (Å²) in [5.41, 5.74) is 4.87. The van der Waals surface area contributed by atoms with Crippen molar-refractivity contribution >= 4 is 11.9 Å². The maximum Gasteiger partial charge on any atom is 0.312 e. The van der Waals surface area contributed by atoms with E-state index in [1.165, 1.54) is 6.92 Å². The molecule has 1 aliphatic carbocycles. The summed E-state index contributed by atoms with van der Waals surface area (Å²) in [6, 6.07) is -1.41. The number of aliphatic hydroxyl groups is 1. The van der Waals surface area contributed by atoms with Gasteiger partial charge in [0.15, 0.2) is 0 Å². The fraction of sp³-hybridized carbons (Fsp3) is 0.778. The van der Waals surface area contributed by atoms with Crippen molar-refractivity contribution in [1.29, 1.82) is 0 Å². The minimum absolute atomic E-state index is 0.230. The van der Waals surface area contributed by atoms with Gasteiger partial charge in [0.25, 0.3) is 0 Å². The number of amides is 3. The van der Waals surface area contributed by atoms with Crippen LogP contribution in [0.15, 0.2) is 0 Å². The first-order valence-corrected chi connectivity index (χ1v) is 5.02. The van der Waals surface area contributed by atoms with Crippen LogP contribution in [-0.2, 0) is 4.79 Å². The van der Waals surface area contributed by atoms with Crippen molar-refractivity contribution in [2.75, 3.05) is 6.54 Å². The smallest absolute Gasteiger partial charge is 0.312 e. The van der Waals surface area contributed by atoms with E-state index in [2.05, 4.69) is 10.6 Å². The van der Waals surface area contributed by atoms with Gasteiger partial charge in [-0.25, -0.2) is 4.79 Å². The van der Waals surface area contributed by atoms with Gasteiger partial charge in [-0.1, -0.05) is 0 Å². The zero-order valence-electron chi connectivity index (χ0n) is 8.69. The Balaban J connectivity index is 2.19. The second-order valence-corrected chi connectivity index (χ2v) is 3.88. The van der Waals surface area contributed by atoms with Crippen molar-refractivity contribution in [3.8, 4) is 0 Å². The second kappa shape index (κ2) is 4.97. The van der Waals surface area contributed by atoms with Crippen LogP contribution in [0.4, 0.5) is 4.79 Å². The first-order valence-electron chi connectivity index (χ1n) is 5.02. The van der Waals surface area contributed by atoms with E-state index in [4.69, 9.17) is 5.73 Å². The maximum absolute atomic E-state index is 11.3. The summed E-state index contributed by atoms with van der Waals surface area (Å²) in [5, 5.41) is 14.3. The molecule has 1 saturated carbocycles. The van der Waals surface area contributed by atoms with Gasteiger partial charge < -0.3 is 21.5 Å². The lowest BCUT2D eigenvalue weighted by Gasteiger charge is -2.14. The predicted molar refractivity (Wildman–Crippen MR) is 53.9 cm³/mol. The zero-order valence-corrected chi connectivity index (χ0v) is 8.69. The van der Waals surface area contributed by atoms with E-state index in [9.17, 15) is 14.7 Å². The SMILES string of the molecule is CC(NC(N)=O)C(=O)NCC(O)C1CC1. The molecule has 5 N–H and O–H groups in total. The van der Waals surface area contributed by atoms with Crippen LogP contribution >= 0.6 is 0 Å². The fourth-order valence-electron chi connectivity index (χ4n) is 1.28. The first kappa shape index (κ1) is 11.8. The first-order chi connectivity index (χ1) is 7.00. The monoisotopic (exact) mass is 215 g/mol. The molecule has 15 heavy (non-hydrogen) atoms. The summed E-state index contributed by atoms with van der Waals surface area (Å²) in [4.78, 5) is 21.8. The number of aliphatic hydroxyl groups excluding tert-OH is 1. The van der Waals surface area contributed by atoms with Gasteiger partial charge in [-0.2, -0.15) is 0 Å². The van der Waals surface area contributed by atoms with Crippen LogP contribution in [0.3, 0.4) is 0 Å². The highest BCUT2D eigenvalue weighted by Gasteiger charge is 2.30. The standard InChI is InChI=1S/C9H17N3O3/c1-5(12-9(10)15)8(14)11-4-7(13)6-2-3-6/h5-7,13H,2-4H2,1H3,(H,11,14)(H3,10,12,15). The molecule has 2 atom stereocenters. The molecule has 1 rings (SSSR count). The molecule has 0 aromatic heterocycles. The van der Waals surface area contributed by atoms with Crippen LogP contribution in [0.1, 0.15) is 19.8 Å². The van der Waals surface area contributed by atoms with Gasteiger partial charge in [0.2, 0.25) is 5.91 Å². The van der Waals surface area contributed by atoms with Gasteiger partial charge >= 0.3 is 6.03 Å². The van der Waals surface area contributed by atoms with Crippen molar-refractivity contribution in [2.24, 2.45) is 11.7 Å². The molecule has 0 aliphatic heterocycles. The van der Waals surface area contributed by atoms with Crippen LogP contribution in [0.5, 0.6) is 0 Å². The van der Waals surface area contributed by atoms with Crippen LogP contribution in [0.2, 0.25) is 0 Å². The number of primary amides is 1. The van der Waals surface area contributed by atoms with Gasteiger partial charge in [-0.15, -0.1) is 0 Å². The van der Waals surface area contributed by atoms with Gasteiger partial charge in [0.1, 0.15) is 6.04 Å². The van der Waals surface area contributed by atoms with Gasteiger partial charge in [0.05, 0.1) is 6.10 Å².